The van der Waals surface area contributed by atoms with Crippen molar-refractivity contribution in [3.63, 3.8) is 0 Å². The second kappa shape index (κ2) is 4.96. The molecule has 1 fully saturated rings. The summed E-state index contributed by atoms with van der Waals surface area (Å²) in [4.78, 5) is -0.257. The van der Waals surface area contributed by atoms with Crippen molar-refractivity contribution in [2.24, 2.45) is 11.3 Å². The van der Waals surface area contributed by atoms with Gasteiger partial charge >= 0.3 is 0 Å². The molecule has 1 aromatic carbocycles. The van der Waals surface area contributed by atoms with E-state index >= 15 is 0 Å². The molecule has 1 aromatic rings. The molecule has 0 saturated heterocycles. The van der Waals surface area contributed by atoms with E-state index in [1.165, 1.54) is 12.1 Å². The van der Waals surface area contributed by atoms with Gasteiger partial charge in [0.05, 0.1) is 10.6 Å². The molecule has 1 atom stereocenters. The third kappa shape index (κ3) is 3.56. The van der Waals surface area contributed by atoms with Crippen LogP contribution in [-0.4, -0.2) is 29.6 Å². The maximum absolute atomic E-state index is 12.3. The average Bonchev–Trinajstić information content (AvgIpc) is 2.93. The first-order valence-corrected chi connectivity index (χ1v) is 9.90. The summed E-state index contributed by atoms with van der Waals surface area (Å²) in [6, 6.07) is 3.70. The summed E-state index contributed by atoms with van der Waals surface area (Å²) in [5.74, 6) is 0.298. The molecular formula is C13H20N2O4S2. The zero-order valence-corrected chi connectivity index (χ0v) is 13.9. The number of hydrogen-bond acceptors (Lipinski definition) is 5. The van der Waals surface area contributed by atoms with Gasteiger partial charge in [0.15, 0.2) is 9.84 Å². The van der Waals surface area contributed by atoms with Crippen molar-refractivity contribution < 1.29 is 16.8 Å². The van der Waals surface area contributed by atoms with Crippen LogP contribution in [0.2, 0.25) is 0 Å². The molecule has 3 N–H and O–H groups in total. The van der Waals surface area contributed by atoms with Gasteiger partial charge in [-0.3, -0.25) is 0 Å². The highest BCUT2D eigenvalue weighted by atomic mass is 32.2. The molecule has 1 aliphatic rings. The van der Waals surface area contributed by atoms with Gasteiger partial charge in [-0.25, -0.2) is 21.6 Å². The third-order valence-electron chi connectivity index (χ3n) is 3.94. The van der Waals surface area contributed by atoms with Crippen LogP contribution in [0.15, 0.2) is 28.0 Å². The van der Waals surface area contributed by atoms with E-state index < -0.39 is 19.9 Å². The highest BCUT2D eigenvalue weighted by Gasteiger charge is 2.45. The SMILES string of the molecule is CC1(C)CC1CNS(=O)(=O)c1cc(S(C)(=O)=O)ccc1N. The smallest absolute Gasteiger partial charge is 0.242 e. The fraction of sp³-hybridized carbons (Fsp3) is 0.538. The summed E-state index contributed by atoms with van der Waals surface area (Å²) in [7, 11) is -7.31. The zero-order valence-electron chi connectivity index (χ0n) is 12.3. The predicted molar refractivity (Wildman–Crippen MR) is 81.0 cm³/mol. The number of hydrogen-bond donors (Lipinski definition) is 2. The Balaban J connectivity index is 2.27. The molecule has 0 radical (unpaired) electrons. The van der Waals surface area contributed by atoms with Crippen molar-refractivity contribution >= 4 is 25.5 Å². The number of benzene rings is 1. The molecular weight excluding hydrogens is 312 g/mol. The fourth-order valence-electron chi connectivity index (χ4n) is 2.19. The van der Waals surface area contributed by atoms with Crippen LogP contribution in [-0.2, 0) is 19.9 Å². The van der Waals surface area contributed by atoms with Crippen molar-refractivity contribution in [1.82, 2.24) is 4.72 Å². The minimum Gasteiger partial charge on any atom is -0.398 e. The van der Waals surface area contributed by atoms with E-state index in [0.717, 1.165) is 18.7 Å². The first-order chi connectivity index (χ1) is 9.43. The zero-order chi connectivity index (χ0) is 16.1. The van der Waals surface area contributed by atoms with Crippen molar-refractivity contribution in [2.75, 3.05) is 18.5 Å². The van der Waals surface area contributed by atoms with Gasteiger partial charge in [0.1, 0.15) is 4.90 Å². The number of nitrogens with two attached hydrogens (primary N) is 1. The molecule has 1 unspecified atom stereocenters. The van der Waals surface area contributed by atoms with E-state index in [9.17, 15) is 16.8 Å². The van der Waals surface area contributed by atoms with Gasteiger partial charge < -0.3 is 5.73 Å². The van der Waals surface area contributed by atoms with Gasteiger partial charge in [-0.15, -0.1) is 0 Å². The van der Waals surface area contributed by atoms with Crippen LogP contribution in [0.1, 0.15) is 20.3 Å². The van der Waals surface area contributed by atoms with Gasteiger partial charge in [0.25, 0.3) is 0 Å². The third-order valence-corrected chi connectivity index (χ3v) is 6.53. The lowest BCUT2D eigenvalue weighted by molar-refractivity contribution is 0.537. The van der Waals surface area contributed by atoms with Gasteiger partial charge in [0.2, 0.25) is 10.0 Å². The monoisotopic (exact) mass is 332 g/mol. The number of anilines is 1. The Morgan fingerprint density at radius 3 is 2.33 bits per heavy atom. The molecule has 8 heteroatoms. The van der Waals surface area contributed by atoms with Crippen LogP contribution >= 0.6 is 0 Å². The predicted octanol–water partition coefficient (Wildman–Crippen LogP) is 0.997. The quantitative estimate of drug-likeness (QED) is 0.782. The maximum atomic E-state index is 12.3. The number of rotatable bonds is 5. The largest absolute Gasteiger partial charge is 0.398 e. The van der Waals surface area contributed by atoms with E-state index in [2.05, 4.69) is 18.6 Å². The lowest BCUT2D eigenvalue weighted by atomic mass is 10.1. The molecule has 21 heavy (non-hydrogen) atoms. The Kier molecular flexibility index (Phi) is 3.84. The number of nitrogen functional groups attached to an aromatic ring is 1. The first-order valence-electron chi connectivity index (χ1n) is 6.53. The Labute approximate surface area is 125 Å². The Morgan fingerprint density at radius 1 is 1.29 bits per heavy atom. The second-order valence-corrected chi connectivity index (χ2v) is 9.96. The molecule has 0 aromatic heterocycles. The molecule has 1 saturated carbocycles. The normalized spacial score (nSPS) is 21.2. The highest BCUT2D eigenvalue weighted by molar-refractivity contribution is 7.91. The summed E-state index contributed by atoms with van der Waals surface area (Å²) in [6.07, 6.45) is 1.99. The number of sulfone groups is 1. The highest BCUT2D eigenvalue weighted by Crippen LogP contribution is 2.51. The van der Waals surface area contributed by atoms with Crippen LogP contribution in [0.5, 0.6) is 0 Å². The van der Waals surface area contributed by atoms with E-state index in [1.807, 2.05) is 0 Å². The summed E-state index contributed by atoms with van der Waals surface area (Å²) < 4.78 is 50.1. The van der Waals surface area contributed by atoms with Gasteiger partial charge in [0, 0.05) is 12.8 Å². The lowest BCUT2D eigenvalue weighted by Crippen LogP contribution is -2.27. The van der Waals surface area contributed by atoms with Gasteiger partial charge in [-0.1, -0.05) is 13.8 Å². The topological polar surface area (TPSA) is 106 Å². The summed E-state index contributed by atoms with van der Waals surface area (Å²) in [5, 5.41) is 0. The van der Waals surface area contributed by atoms with E-state index in [1.54, 1.807) is 0 Å². The van der Waals surface area contributed by atoms with Crippen molar-refractivity contribution in [2.45, 2.75) is 30.1 Å². The molecule has 0 bridgehead atoms. The molecule has 2 rings (SSSR count). The van der Waals surface area contributed by atoms with Crippen LogP contribution in [0, 0.1) is 11.3 Å². The second-order valence-electron chi connectivity index (χ2n) is 6.21. The Hall–Kier alpha value is -1.12. The molecule has 0 amide bonds. The summed E-state index contributed by atoms with van der Waals surface area (Å²) >= 11 is 0. The first kappa shape index (κ1) is 16.3. The number of nitrogens with one attached hydrogen (secondary N) is 1. The van der Waals surface area contributed by atoms with Gasteiger partial charge in [-0.05, 0) is 36.0 Å². The van der Waals surface area contributed by atoms with E-state index in [-0.39, 0.29) is 20.9 Å². The summed E-state index contributed by atoms with van der Waals surface area (Å²) in [5.41, 5.74) is 5.87. The standard InChI is InChI=1S/C13H20N2O4S2/c1-13(2)7-9(13)8-15-21(18,19)12-6-10(20(3,16)17)4-5-11(12)14/h4-6,9,15H,7-8,14H2,1-3H3. The van der Waals surface area contributed by atoms with Crippen LogP contribution in [0.4, 0.5) is 5.69 Å². The minimum atomic E-state index is -3.82. The Bertz CT molecular complexity index is 767. The molecule has 6 nitrogen and oxygen atoms in total. The summed E-state index contributed by atoms with van der Waals surface area (Å²) in [6.45, 7) is 4.48. The van der Waals surface area contributed by atoms with Crippen LogP contribution < -0.4 is 10.5 Å². The molecule has 0 aliphatic heterocycles. The molecule has 0 heterocycles. The molecule has 118 valence electrons. The van der Waals surface area contributed by atoms with Gasteiger partial charge in [-0.2, -0.15) is 0 Å². The van der Waals surface area contributed by atoms with E-state index in [4.69, 9.17) is 5.73 Å². The van der Waals surface area contributed by atoms with Crippen molar-refractivity contribution in [3.8, 4) is 0 Å². The Morgan fingerprint density at radius 2 is 1.86 bits per heavy atom. The maximum Gasteiger partial charge on any atom is 0.242 e. The molecule has 1 aliphatic carbocycles. The molecule has 0 spiro atoms. The minimum absolute atomic E-state index is 0.0324. The number of sulfonamides is 1. The lowest BCUT2D eigenvalue weighted by Gasteiger charge is -2.11. The van der Waals surface area contributed by atoms with Crippen LogP contribution in [0.25, 0.3) is 0 Å². The average molecular weight is 332 g/mol. The fourth-order valence-corrected chi connectivity index (χ4v) is 4.15. The van der Waals surface area contributed by atoms with Crippen molar-refractivity contribution in [3.05, 3.63) is 18.2 Å². The van der Waals surface area contributed by atoms with Crippen LogP contribution in [0.3, 0.4) is 0 Å². The van der Waals surface area contributed by atoms with E-state index in [0.29, 0.717) is 12.5 Å². The van der Waals surface area contributed by atoms with Crippen molar-refractivity contribution in [1.29, 1.82) is 0 Å².